The van der Waals surface area contributed by atoms with Crippen LogP contribution in [0.15, 0.2) is 4.73 Å². The quantitative estimate of drug-likeness (QED) is 0.505. The Kier molecular flexibility index (Phi) is 5.80. The third-order valence-corrected chi connectivity index (χ3v) is 3.79. The molecule has 2 heterocycles. The van der Waals surface area contributed by atoms with E-state index in [4.69, 9.17) is 12.2 Å². The van der Waals surface area contributed by atoms with Gasteiger partial charge in [0.1, 0.15) is 0 Å². The average Bonchev–Trinajstić information content (AvgIpc) is 2.81. The van der Waals surface area contributed by atoms with Crippen LogP contribution in [0.1, 0.15) is 44.9 Å². The Hall–Kier alpha value is -2.05. The van der Waals surface area contributed by atoms with E-state index in [0.717, 1.165) is 12.8 Å². The molecule has 0 radical (unpaired) electrons. The number of imidazole rings is 1. The summed E-state index contributed by atoms with van der Waals surface area (Å²) in [5, 5.41) is 0. The van der Waals surface area contributed by atoms with E-state index in [9.17, 15) is 0 Å². The summed E-state index contributed by atoms with van der Waals surface area (Å²) in [6, 6.07) is 0. The third-order valence-electron chi connectivity index (χ3n) is 3.18. The van der Waals surface area contributed by atoms with Crippen molar-refractivity contribution in [2.45, 2.75) is 45.6 Å². The van der Waals surface area contributed by atoms with Crippen LogP contribution in [0, 0.1) is 24.2 Å². The van der Waals surface area contributed by atoms with E-state index >= 15 is 0 Å². The lowest BCUT2D eigenvalue weighted by Crippen LogP contribution is -2.02. The number of halogens is 1. The summed E-state index contributed by atoms with van der Waals surface area (Å²) in [5.41, 5.74) is 7.08. The fourth-order valence-corrected chi connectivity index (χ4v) is 2.54. The number of unbranched alkanes of at least 4 members (excludes halogenated alkanes) is 4. The van der Waals surface area contributed by atoms with Crippen LogP contribution in [0.2, 0.25) is 0 Å². The van der Waals surface area contributed by atoms with Gasteiger partial charge in [-0.15, -0.1) is 6.42 Å². The second kappa shape index (κ2) is 7.82. The normalized spacial score (nSPS) is 10.2. The fourth-order valence-electron chi connectivity index (χ4n) is 2.06. The zero-order valence-corrected chi connectivity index (χ0v) is 14.2. The minimum Gasteiger partial charge on any atom is -0.382 e. The van der Waals surface area contributed by atoms with E-state index in [0.29, 0.717) is 34.1 Å². The van der Waals surface area contributed by atoms with Crippen molar-refractivity contribution in [3.05, 3.63) is 10.6 Å². The van der Waals surface area contributed by atoms with Crippen LogP contribution in [-0.4, -0.2) is 19.5 Å². The minimum atomic E-state index is 0.316. The molecule has 0 fully saturated rings. The predicted molar refractivity (Wildman–Crippen MR) is 91.9 cm³/mol. The highest BCUT2D eigenvalue weighted by molar-refractivity contribution is 9.10. The zero-order valence-electron chi connectivity index (χ0n) is 12.6. The molecule has 0 saturated carbocycles. The summed E-state index contributed by atoms with van der Waals surface area (Å²) in [7, 11) is 0. The van der Waals surface area contributed by atoms with Crippen molar-refractivity contribution in [2.24, 2.45) is 0 Å². The summed E-state index contributed by atoms with van der Waals surface area (Å²) in [5.74, 6) is 9.37. The lowest BCUT2D eigenvalue weighted by molar-refractivity contribution is 0.679. The van der Waals surface area contributed by atoms with Gasteiger partial charge in [0.05, 0.1) is 6.54 Å². The van der Waals surface area contributed by atoms with E-state index in [1.807, 2.05) is 0 Å². The molecule has 0 saturated heterocycles. The molecule has 0 aliphatic heterocycles. The maximum atomic E-state index is 5.94. The van der Waals surface area contributed by atoms with Crippen LogP contribution >= 0.6 is 15.9 Å². The Morgan fingerprint density at radius 2 is 2.05 bits per heavy atom. The Bertz CT molecular complexity index is 761. The number of nitrogen functional groups attached to an aromatic ring is 1. The van der Waals surface area contributed by atoms with Gasteiger partial charge in [0.15, 0.2) is 21.7 Å². The van der Waals surface area contributed by atoms with E-state index < -0.39 is 0 Å². The number of anilines is 1. The van der Waals surface area contributed by atoms with Gasteiger partial charge in [-0.3, -0.25) is 4.57 Å². The topological polar surface area (TPSA) is 69.6 Å². The Balaban J connectivity index is 2.23. The Labute approximate surface area is 138 Å². The number of rotatable bonds is 5. The molecule has 0 aliphatic rings. The van der Waals surface area contributed by atoms with Crippen LogP contribution in [0.25, 0.3) is 11.2 Å². The standard InChI is InChI=1S/C16H18BrN5/c1-3-5-6-7-8-9-10-12-19-14(18)13-15(20-12)22(11-4-2)16(17)21-13/h2H,3,5-8,11H2,1H3,(H2,18,19,20). The summed E-state index contributed by atoms with van der Waals surface area (Å²) < 4.78 is 2.35. The van der Waals surface area contributed by atoms with Gasteiger partial charge in [-0.2, -0.15) is 0 Å². The second-order valence-electron chi connectivity index (χ2n) is 4.89. The molecular formula is C16H18BrN5. The molecule has 6 heteroatoms. The third kappa shape index (κ3) is 3.78. The first-order valence-electron chi connectivity index (χ1n) is 7.29. The van der Waals surface area contributed by atoms with Gasteiger partial charge in [-0.1, -0.05) is 38.0 Å². The van der Waals surface area contributed by atoms with Crippen molar-refractivity contribution in [3.63, 3.8) is 0 Å². The highest BCUT2D eigenvalue weighted by Gasteiger charge is 2.13. The average molecular weight is 360 g/mol. The van der Waals surface area contributed by atoms with Gasteiger partial charge in [-0.25, -0.2) is 15.0 Å². The smallest absolute Gasteiger partial charge is 0.208 e. The number of fused-ring (bicyclic) bond motifs is 1. The lowest BCUT2D eigenvalue weighted by Gasteiger charge is -2.00. The van der Waals surface area contributed by atoms with Crippen LogP contribution in [0.5, 0.6) is 0 Å². The summed E-state index contributed by atoms with van der Waals surface area (Å²) in [4.78, 5) is 12.9. The van der Waals surface area contributed by atoms with E-state index in [1.54, 1.807) is 4.57 Å². The number of aromatic nitrogens is 4. The van der Waals surface area contributed by atoms with Crippen LogP contribution in [0.4, 0.5) is 5.82 Å². The van der Waals surface area contributed by atoms with Crippen molar-refractivity contribution < 1.29 is 0 Å². The number of terminal acetylenes is 1. The molecule has 5 nitrogen and oxygen atoms in total. The molecule has 0 bridgehead atoms. The molecule has 2 N–H and O–H groups in total. The maximum Gasteiger partial charge on any atom is 0.208 e. The molecule has 2 aromatic heterocycles. The maximum absolute atomic E-state index is 5.94. The number of hydrogen-bond donors (Lipinski definition) is 1. The fraction of sp³-hybridized carbons (Fsp3) is 0.438. The highest BCUT2D eigenvalue weighted by Crippen LogP contribution is 2.22. The first-order valence-corrected chi connectivity index (χ1v) is 8.08. The Morgan fingerprint density at radius 1 is 1.23 bits per heavy atom. The van der Waals surface area contributed by atoms with Crippen molar-refractivity contribution in [1.29, 1.82) is 0 Å². The summed E-state index contributed by atoms with van der Waals surface area (Å²) >= 11 is 3.35. The van der Waals surface area contributed by atoms with E-state index in [2.05, 4.69) is 55.6 Å². The SMILES string of the molecule is C#CCn1c(Br)nc2c(N)nc(C#CCCCCCC)nc21. The minimum absolute atomic E-state index is 0.316. The molecule has 2 aromatic rings. The predicted octanol–water partition coefficient (Wildman–Crippen LogP) is 3.13. The molecule has 22 heavy (non-hydrogen) atoms. The van der Waals surface area contributed by atoms with Gasteiger partial charge in [0, 0.05) is 6.42 Å². The van der Waals surface area contributed by atoms with E-state index in [-0.39, 0.29) is 0 Å². The van der Waals surface area contributed by atoms with Gasteiger partial charge in [0.2, 0.25) is 5.82 Å². The van der Waals surface area contributed by atoms with Crippen molar-refractivity contribution >= 4 is 32.9 Å². The van der Waals surface area contributed by atoms with Gasteiger partial charge in [0.25, 0.3) is 0 Å². The van der Waals surface area contributed by atoms with Gasteiger partial charge in [-0.05, 0) is 28.3 Å². The Morgan fingerprint density at radius 3 is 2.77 bits per heavy atom. The first-order chi connectivity index (χ1) is 10.7. The highest BCUT2D eigenvalue weighted by atomic mass is 79.9. The molecule has 2 rings (SSSR count). The van der Waals surface area contributed by atoms with Crippen molar-refractivity contribution in [1.82, 2.24) is 19.5 Å². The number of hydrogen-bond acceptors (Lipinski definition) is 4. The molecule has 0 aliphatic carbocycles. The van der Waals surface area contributed by atoms with Crippen LogP contribution < -0.4 is 5.73 Å². The largest absolute Gasteiger partial charge is 0.382 e. The van der Waals surface area contributed by atoms with Crippen LogP contribution in [-0.2, 0) is 6.54 Å². The molecule has 0 aromatic carbocycles. The molecule has 0 amide bonds. The number of nitrogens with zero attached hydrogens (tertiary/aromatic N) is 4. The number of nitrogens with two attached hydrogens (primary N) is 1. The van der Waals surface area contributed by atoms with Gasteiger partial charge < -0.3 is 5.73 Å². The monoisotopic (exact) mass is 359 g/mol. The second-order valence-corrected chi connectivity index (χ2v) is 5.60. The molecule has 0 unspecified atom stereocenters. The van der Waals surface area contributed by atoms with Crippen LogP contribution in [0.3, 0.4) is 0 Å². The van der Waals surface area contributed by atoms with Gasteiger partial charge >= 0.3 is 0 Å². The first kappa shape index (κ1) is 16.3. The molecule has 0 spiro atoms. The molecule has 114 valence electrons. The summed E-state index contributed by atoms with van der Waals surface area (Å²) in [6.45, 7) is 2.55. The zero-order chi connectivity index (χ0) is 15.9. The molecular weight excluding hydrogens is 342 g/mol. The van der Waals surface area contributed by atoms with E-state index in [1.165, 1.54) is 19.3 Å². The summed E-state index contributed by atoms with van der Waals surface area (Å²) in [6.07, 6.45) is 11.0. The molecule has 0 atom stereocenters. The lowest BCUT2D eigenvalue weighted by atomic mass is 10.2. The van der Waals surface area contributed by atoms with Crippen molar-refractivity contribution in [2.75, 3.05) is 5.73 Å². The van der Waals surface area contributed by atoms with Crippen molar-refractivity contribution in [3.8, 4) is 24.2 Å².